The number of hydrogen-bond donors (Lipinski definition) is 0. The van der Waals surface area contributed by atoms with Crippen LogP contribution in [-0.4, -0.2) is 5.78 Å². The molecule has 0 fully saturated rings. The van der Waals surface area contributed by atoms with E-state index in [0.717, 1.165) is 21.9 Å². The molecule has 0 radical (unpaired) electrons. The van der Waals surface area contributed by atoms with Crippen LogP contribution in [0, 0.1) is 6.92 Å². The highest BCUT2D eigenvalue weighted by Crippen LogP contribution is 2.29. The first kappa shape index (κ1) is 13.3. The fourth-order valence-corrected chi connectivity index (χ4v) is 3.56. The van der Waals surface area contributed by atoms with Crippen LogP contribution in [0.15, 0.2) is 47.8 Å². The third-order valence-electron chi connectivity index (χ3n) is 3.38. The van der Waals surface area contributed by atoms with E-state index < -0.39 is 0 Å². The van der Waals surface area contributed by atoms with E-state index in [2.05, 4.69) is 18.2 Å². The zero-order chi connectivity index (χ0) is 14.1. The second-order valence-corrected chi connectivity index (χ2v) is 6.06. The predicted octanol–water partition coefficient (Wildman–Crippen LogP) is 5.29. The Labute approximate surface area is 126 Å². The molecule has 0 aliphatic carbocycles. The first-order valence-corrected chi connectivity index (χ1v) is 7.66. The Morgan fingerprint density at radius 3 is 2.65 bits per heavy atom. The summed E-state index contributed by atoms with van der Waals surface area (Å²) in [5, 5.41) is 4.82. The molecule has 0 amide bonds. The van der Waals surface area contributed by atoms with Crippen molar-refractivity contribution in [1.82, 2.24) is 0 Å². The molecule has 0 saturated carbocycles. The van der Waals surface area contributed by atoms with Gasteiger partial charge in [-0.15, -0.1) is 11.3 Å². The fourth-order valence-electron chi connectivity index (χ4n) is 2.32. The van der Waals surface area contributed by atoms with Gasteiger partial charge in [-0.2, -0.15) is 0 Å². The Morgan fingerprint density at radius 1 is 1.15 bits per heavy atom. The maximum Gasteiger partial charge on any atom is 0.178 e. The molecule has 0 atom stereocenters. The molecule has 0 N–H and O–H groups in total. The number of rotatable bonds is 3. The molecule has 2 aromatic carbocycles. The summed E-state index contributed by atoms with van der Waals surface area (Å²) in [5.41, 5.74) is 2.02. The van der Waals surface area contributed by atoms with Gasteiger partial charge in [0, 0.05) is 6.42 Å². The summed E-state index contributed by atoms with van der Waals surface area (Å²) in [6, 6.07) is 14.2. The lowest BCUT2D eigenvalue weighted by atomic mass is 10.00. The van der Waals surface area contributed by atoms with Gasteiger partial charge in [0.2, 0.25) is 0 Å². The van der Waals surface area contributed by atoms with Gasteiger partial charge in [0.15, 0.2) is 5.78 Å². The number of benzene rings is 2. The zero-order valence-corrected chi connectivity index (χ0v) is 12.6. The zero-order valence-electron chi connectivity index (χ0n) is 11.0. The number of Topliss-reactive ketones (excluding diaryl/α,β-unsaturated/α-hetero) is 1. The molecule has 0 spiro atoms. The number of aryl methyl sites for hydroxylation is 1. The maximum atomic E-state index is 12.4. The number of thiophene rings is 1. The van der Waals surface area contributed by atoms with Gasteiger partial charge in [-0.3, -0.25) is 4.79 Å². The molecule has 3 rings (SSSR count). The van der Waals surface area contributed by atoms with Crippen molar-refractivity contribution in [2.75, 3.05) is 0 Å². The minimum absolute atomic E-state index is 0.0875. The van der Waals surface area contributed by atoms with E-state index in [4.69, 9.17) is 11.6 Å². The van der Waals surface area contributed by atoms with E-state index >= 15 is 0 Å². The van der Waals surface area contributed by atoms with Crippen LogP contribution in [-0.2, 0) is 6.42 Å². The topological polar surface area (TPSA) is 17.1 Å². The highest BCUT2D eigenvalue weighted by molar-refractivity contribution is 7.13. The smallest absolute Gasteiger partial charge is 0.178 e. The summed E-state index contributed by atoms with van der Waals surface area (Å²) in [6.45, 7) is 1.92. The average Bonchev–Trinajstić information content (AvgIpc) is 2.79. The average molecular weight is 301 g/mol. The van der Waals surface area contributed by atoms with Crippen LogP contribution in [0.3, 0.4) is 0 Å². The van der Waals surface area contributed by atoms with Gasteiger partial charge in [-0.1, -0.05) is 54.1 Å². The lowest BCUT2D eigenvalue weighted by Crippen LogP contribution is -2.02. The molecular weight excluding hydrogens is 288 g/mol. The van der Waals surface area contributed by atoms with Gasteiger partial charge in [0.25, 0.3) is 0 Å². The molecule has 0 aliphatic heterocycles. The molecule has 1 aromatic heterocycles. The molecule has 0 unspecified atom stereocenters. The number of ketones is 1. The first-order chi connectivity index (χ1) is 9.66. The Balaban J connectivity index is 1.97. The van der Waals surface area contributed by atoms with Crippen LogP contribution < -0.4 is 0 Å². The van der Waals surface area contributed by atoms with Crippen LogP contribution in [0.25, 0.3) is 10.8 Å². The van der Waals surface area contributed by atoms with E-state index in [0.29, 0.717) is 16.3 Å². The molecule has 3 aromatic rings. The fraction of sp³-hybridized carbons (Fsp3) is 0.118. The third kappa shape index (κ3) is 2.37. The van der Waals surface area contributed by atoms with E-state index in [-0.39, 0.29) is 5.78 Å². The molecule has 20 heavy (non-hydrogen) atoms. The number of carbonyl (C=O) groups excluding carboxylic acids is 1. The molecule has 1 nitrogen and oxygen atoms in total. The van der Waals surface area contributed by atoms with Crippen molar-refractivity contribution in [3.63, 3.8) is 0 Å². The SMILES string of the molecule is Cc1csc(C(=O)Cc2cccc3ccccc23)c1Cl. The summed E-state index contributed by atoms with van der Waals surface area (Å²) in [7, 11) is 0. The van der Waals surface area contributed by atoms with Gasteiger partial charge in [0.1, 0.15) is 0 Å². The highest BCUT2D eigenvalue weighted by atomic mass is 35.5. The first-order valence-electron chi connectivity index (χ1n) is 6.40. The molecule has 1 heterocycles. The summed E-state index contributed by atoms with van der Waals surface area (Å²) < 4.78 is 0. The number of fused-ring (bicyclic) bond motifs is 1. The van der Waals surface area contributed by atoms with E-state index in [9.17, 15) is 4.79 Å². The second-order valence-electron chi connectivity index (χ2n) is 4.80. The number of carbonyl (C=O) groups is 1. The van der Waals surface area contributed by atoms with Crippen molar-refractivity contribution in [2.45, 2.75) is 13.3 Å². The van der Waals surface area contributed by atoms with E-state index in [1.54, 1.807) is 0 Å². The Hall–Kier alpha value is -1.64. The molecular formula is C17H13ClOS. The molecule has 0 saturated heterocycles. The largest absolute Gasteiger partial charge is 0.293 e. The van der Waals surface area contributed by atoms with Gasteiger partial charge < -0.3 is 0 Å². The predicted molar refractivity (Wildman–Crippen MR) is 86.0 cm³/mol. The van der Waals surface area contributed by atoms with Crippen molar-refractivity contribution in [2.24, 2.45) is 0 Å². The monoisotopic (exact) mass is 300 g/mol. The van der Waals surface area contributed by atoms with Crippen molar-refractivity contribution >= 4 is 39.5 Å². The minimum Gasteiger partial charge on any atom is -0.293 e. The van der Waals surface area contributed by atoms with Crippen LogP contribution in [0.5, 0.6) is 0 Å². The van der Waals surface area contributed by atoms with Gasteiger partial charge >= 0.3 is 0 Å². The third-order valence-corrected chi connectivity index (χ3v) is 5.12. The van der Waals surface area contributed by atoms with E-state index in [1.807, 2.05) is 36.6 Å². The van der Waals surface area contributed by atoms with Gasteiger partial charge in [0.05, 0.1) is 9.90 Å². The Morgan fingerprint density at radius 2 is 1.90 bits per heavy atom. The van der Waals surface area contributed by atoms with Crippen molar-refractivity contribution < 1.29 is 4.79 Å². The van der Waals surface area contributed by atoms with Gasteiger partial charge in [-0.05, 0) is 34.2 Å². The van der Waals surface area contributed by atoms with Crippen LogP contribution in [0.4, 0.5) is 0 Å². The molecule has 3 heteroatoms. The molecule has 0 bridgehead atoms. The lowest BCUT2D eigenvalue weighted by Gasteiger charge is -2.05. The summed E-state index contributed by atoms with van der Waals surface area (Å²) in [5.74, 6) is 0.0875. The number of halogens is 1. The number of hydrogen-bond acceptors (Lipinski definition) is 2. The maximum absolute atomic E-state index is 12.4. The van der Waals surface area contributed by atoms with Crippen LogP contribution in [0.1, 0.15) is 20.8 Å². The van der Waals surface area contributed by atoms with Crippen molar-refractivity contribution in [3.8, 4) is 0 Å². The van der Waals surface area contributed by atoms with Gasteiger partial charge in [-0.25, -0.2) is 0 Å². The Bertz CT molecular complexity index is 783. The van der Waals surface area contributed by atoms with Crippen LogP contribution in [0.2, 0.25) is 5.02 Å². The van der Waals surface area contributed by atoms with Crippen molar-refractivity contribution in [1.29, 1.82) is 0 Å². The normalized spacial score (nSPS) is 10.9. The second kappa shape index (κ2) is 5.39. The van der Waals surface area contributed by atoms with Crippen LogP contribution >= 0.6 is 22.9 Å². The lowest BCUT2D eigenvalue weighted by molar-refractivity contribution is 0.0997. The standard InChI is InChI=1S/C17H13ClOS/c1-11-10-20-17(16(11)18)15(19)9-13-7-4-6-12-5-2-3-8-14(12)13/h2-8,10H,9H2,1H3. The van der Waals surface area contributed by atoms with E-state index in [1.165, 1.54) is 11.3 Å². The summed E-state index contributed by atoms with van der Waals surface area (Å²) in [6.07, 6.45) is 0.390. The highest BCUT2D eigenvalue weighted by Gasteiger charge is 2.15. The quantitative estimate of drug-likeness (QED) is 0.601. The summed E-state index contributed by atoms with van der Waals surface area (Å²) >= 11 is 7.61. The van der Waals surface area contributed by atoms with Crippen molar-refractivity contribution in [3.05, 3.63) is 68.9 Å². The molecule has 0 aliphatic rings. The molecule has 100 valence electrons. The Kier molecular flexibility index (Phi) is 3.60. The minimum atomic E-state index is 0.0875. The summed E-state index contributed by atoms with van der Waals surface area (Å²) in [4.78, 5) is 13.1.